The lowest BCUT2D eigenvalue weighted by atomic mass is 10.0. The van der Waals surface area contributed by atoms with Crippen molar-refractivity contribution in [2.45, 2.75) is 42.5 Å². The molecule has 1 aliphatic heterocycles. The average Bonchev–Trinajstić information content (AvgIpc) is 3.10. The molecule has 3 aromatic rings. The second kappa shape index (κ2) is 13.4. The van der Waals surface area contributed by atoms with Crippen LogP contribution < -0.4 is 21.3 Å². The number of hydrogen-bond donors (Lipinski definition) is 4. The Labute approximate surface area is 239 Å². The predicted octanol–water partition coefficient (Wildman–Crippen LogP) is 3.24. The molecule has 1 heterocycles. The number of carbonyl (C=O) groups is 3. The fraction of sp³-hybridized carbons (Fsp3) is 0.345. The van der Waals surface area contributed by atoms with Crippen molar-refractivity contribution in [1.82, 2.24) is 10.6 Å². The minimum Gasteiger partial charge on any atom is -0.390 e. The molecule has 0 aliphatic carbocycles. The van der Waals surface area contributed by atoms with E-state index in [2.05, 4.69) is 10.6 Å². The first kappa shape index (κ1) is 30.4. The molecule has 12 heteroatoms. The first-order valence-electron chi connectivity index (χ1n) is 13.1. The molecule has 2 atom stereocenters. The Morgan fingerprint density at radius 1 is 1.07 bits per heavy atom. The number of aliphatic hydroxyl groups is 1. The van der Waals surface area contributed by atoms with Crippen molar-refractivity contribution in [3.05, 3.63) is 71.8 Å². The zero-order chi connectivity index (χ0) is 29.6. The number of hydrogen-bond acceptors (Lipinski definition) is 6. The molecule has 41 heavy (non-hydrogen) atoms. The molecular weight excluding hydrogens is 557 g/mol. The van der Waals surface area contributed by atoms with Gasteiger partial charge in [-0.25, -0.2) is 0 Å². The number of anilines is 1. The van der Waals surface area contributed by atoms with Crippen LogP contribution in [-0.4, -0.2) is 60.4 Å². The molecule has 0 aromatic heterocycles. The number of nitrogens with one attached hydrogen (secondary N) is 2. The van der Waals surface area contributed by atoms with Crippen molar-refractivity contribution in [3.8, 4) is 0 Å². The Kier molecular flexibility index (Phi) is 9.90. The Balaban J connectivity index is 1.49. The largest absolute Gasteiger partial charge is 0.416 e. The molecule has 218 valence electrons. The molecule has 5 N–H and O–H groups in total. The molecule has 4 rings (SSSR count). The van der Waals surface area contributed by atoms with Crippen LogP contribution in [0.25, 0.3) is 10.8 Å². The summed E-state index contributed by atoms with van der Waals surface area (Å²) < 4.78 is 40.1. The van der Waals surface area contributed by atoms with Crippen molar-refractivity contribution in [2.24, 2.45) is 5.73 Å². The van der Waals surface area contributed by atoms with Crippen LogP contribution in [0.2, 0.25) is 0 Å². The van der Waals surface area contributed by atoms with Crippen LogP contribution >= 0.6 is 11.8 Å². The van der Waals surface area contributed by atoms with Crippen LogP contribution in [-0.2, 0) is 27.0 Å². The molecule has 0 fully saturated rings. The highest BCUT2D eigenvalue weighted by Crippen LogP contribution is 2.39. The van der Waals surface area contributed by atoms with E-state index in [9.17, 15) is 32.7 Å². The standard InChI is InChI=1S/C29H31F3N4O4S/c30-29(31,32)21-7-8-25-24(15-21)36(27(39)10-12-41-25)11-9-26(38)35-23(28(40)34-17-22(37)16-33)14-18-5-6-19-3-1-2-4-20(19)13-18/h1-8,13,15,22-23,37H,9-12,14,16-17,33H2,(H,34,40)(H,35,38)/t22?,23-/m1/s1. The van der Waals surface area contributed by atoms with E-state index in [1.54, 1.807) is 0 Å². The molecule has 3 amide bonds. The van der Waals surface area contributed by atoms with Gasteiger partial charge in [0.2, 0.25) is 17.7 Å². The summed E-state index contributed by atoms with van der Waals surface area (Å²) in [5.74, 6) is -1.06. The number of aliphatic hydroxyl groups excluding tert-OH is 1. The number of nitrogens with two attached hydrogens (primary N) is 1. The van der Waals surface area contributed by atoms with E-state index >= 15 is 0 Å². The minimum absolute atomic E-state index is 0.0539. The lowest BCUT2D eigenvalue weighted by molar-refractivity contribution is -0.137. The second-order valence-electron chi connectivity index (χ2n) is 9.71. The third kappa shape index (κ3) is 7.99. The summed E-state index contributed by atoms with van der Waals surface area (Å²) in [6, 6.07) is 15.6. The van der Waals surface area contributed by atoms with Gasteiger partial charge < -0.3 is 26.4 Å². The first-order valence-corrected chi connectivity index (χ1v) is 14.1. The number of halogens is 3. The van der Waals surface area contributed by atoms with Gasteiger partial charge in [0.25, 0.3) is 0 Å². The summed E-state index contributed by atoms with van der Waals surface area (Å²) in [5, 5.41) is 17.0. The second-order valence-corrected chi connectivity index (χ2v) is 10.9. The van der Waals surface area contributed by atoms with Crippen molar-refractivity contribution in [1.29, 1.82) is 0 Å². The summed E-state index contributed by atoms with van der Waals surface area (Å²) >= 11 is 1.28. The first-order chi connectivity index (χ1) is 19.5. The van der Waals surface area contributed by atoms with Crippen LogP contribution in [0.15, 0.2) is 65.6 Å². The van der Waals surface area contributed by atoms with Gasteiger partial charge in [-0.2, -0.15) is 13.2 Å². The highest BCUT2D eigenvalue weighted by molar-refractivity contribution is 7.99. The Morgan fingerprint density at radius 3 is 2.56 bits per heavy atom. The van der Waals surface area contributed by atoms with Gasteiger partial charge in [-0.3, -0.25) is 14.4 Å². The molecule has 0 saturated heterocycles. The molecule has 0 saturated carbocycles. The summed E-state index contributed by atoms with van der Waals surface area (Å²) in [6.07, 6.45) is -5.51. The molecule has 3 aromatic carbocycles. The number of benzene rings is 3. The van der Waals surface area contributed by atoms with E-state index in [-0.39, 0.29) is 50.5 Å². The summed E-state index contributed by atoms with van der Waals surface area (Å²) in [6.45, 7) is -0.310. The summed E-state index contributed by atoms with van der Waals surface area (Å²) in [5.41, 5.74) is 5.44. The van der Waals surface area contributed by atoms with Crippen LogP contribution in [0.4, 0.5) is 18.9 Å². The number of carbonyl (C=O) groups excluding carboxylic acids is 3. The molecule has 0 radical (unpaired) electrons. The van der Waals surface area contributed by atoms with E-state index in [0.717, 1.165) is 28.5 Å². The van der Waals surface area contributed by atoms with E-state index < -0.39 is 35.7 Å². The minimum atomic E-state index is -4.58. The van der Waals surface area contributed by atoms with E-state index in [1.807, 2.05) is 42.5 Å². The van der Waals surface area contributed by atoms with Crippen molar-refractivity contribution in [2.75, 3.05) is 30.3 Å². The molecule has 1 unspecified atom stereocenters. The normalized spacial score (nSPS) is 15.1. The number of thioether (sulfide) groups is 1. The molecule has 8 nitrogen and oxygen atoms in total. The van der Waals surface area contributed by atoms with E-state index in [1.165, 1.54) is 22.7 Å². The van der Waals surface area contributed by atoms with Crippen LogP contribution in [0.1, 0.15) is 24.0 Å². The number of amides is 3. The highest BCUT2D eigenvalue weighted by Gasteiger charge is 2.33. The van der Waals surface area contributed by atoms with Gasteiger partial charge in [0.05, 0.1) is 17.4 Å². The fourth-order valence-corrected chi connectivity index (χ4v) is 5.48. The van der Waals surface area contributed by atoms with E-state index in [4.69, 9.17) is 5.73 Å². The lowest BCUT2D eigenvalue weighted by Gasteiger charge is -2.24. The topological polar surface area (TPSA) is 125 Å². The van der Waals surface area contributed by atoms with Gasteiger partial charge in [-0.05, 0) is 34.5 Å². The Bertz CT molecular complexity index is 1420. The fourth-order valence-electron chi connectivity index (χ4n) is 4.50. The zero-order valence-corrected chi connectivity index (χ0v) is 22.9. The number of rotatable bonds is 10. The monoisotopic (exact) mass is 588 g/mol. The third-order valence-corrected chi connectivity index (χ3v) is 7.77. The van der Waals surface area contributed by atoms with Crippen molar-refractivity contribution >= 4 is 45.9 Å². The Hall–Kier alpha value is -3.61. The molecular formula is C29H31F3N4O4S. The zero-order valence-electron chi connectivity index (χ0n) is 22.1. The average molecular weight is 589 g/mol. The maximum absolute atomic E-state index is 13.4. The maximum atomic E-state index is 13.4. The third-order valence-electron chi connectivity index (χ3n) is 6.70. The molecule has 1 aliphatic rings. The van der Waals surface area contributed by atoms with Gasteiger partial charge in [-0.15, -0.1) is 11.8 Å². The number of nitrogens with zero attached hydrogens (tertiary/aromatic N) is 1. The lowest BCUT2D eigenvalue weighted by Crippen LogP contribution is -2.50. The van der Waals surface area contributed by atoms with Gasteiger partial charge >= 0.3 is 6.18 Å². The van der Waals surface area contributed by atoms with Crippen LogP contribution in [0, 0.1) is 0 Å². The smallest absolute Gasteiger partial charge is 0.390 e. The van der Waals surface area contributed by atoms with Gasteiger partial charge in [0.15, 0.2) is 0 Å². The summed E-state index contributed by atoms with van der Waals surface area (Å²) in [7, 11) is 0. The predicted molar refractivity (Wildman–Crippen MR) is 151 cm³/mol. The summed E-state index contributed by atoms with van der Waals surface area (Å²) in [4.78, 5) is 40.6. The molecule has 0 bridgehead atoms. The van der Waals surface area contributed by atoms with Gasteiger partial charge in [-0.1, -0.05) is 42.5 Å². The highest BCUT2D eigenvalue weighted by atomic mass is 32.2. The Morgan fingerprint density at radius 2 is 1.83 bits per heavy atom. The SMILES string of the molecule is NCC(O)CNC(=O)[C@@H](Cc1ccc2ccccc2c1)NC(=O)CCN1C(=O)CCSc2ccc(C(F)(F)F)cc21. The van der Waals surface area contributed by atoms with Crippen molar-refractivity contribution < 1.29 is 32.7 Å². The van der Waals surface area contributed by atoms with Gasteiger partial charge in [0, 0.05) is 49.5 Å². The number of fused-ring (bicyclic) bond motifs is 2. The quantitative estimate of drug-likeness (QED) is 0.288. The maximum Gasteiger partial charge on any atom is 0.416 e. The van der Waals surface area contributed by atoms with Crippen LogP contribution in [0.3, 0.4) is 0 Å². The van der Waals surface area contributed by atoms with Gasteiger partial charge in [0.1, 0.15) is 6.04 Å². The van der Waals surface area contributed by atoms with E-state index in [0.29, 0.717) is 10.6 Å². The molecule has 0 spiro atoms. The van der Waals surface area contributed by atoms with Crippen LogP contribution in [0.5, 0.6) is 0 Å². The van der Waals surface area contributed by atoms with Crippen molar-refractivity contribution in [3.63, 3.8) is 0 Å². The number of alkyl halides is 3.